The zero-order chi connectivity index (χ0) is 22.1. The quantitative estimate of drug-likeness (QED) is 0.329. The predicted octanol–water partition coefficient (Wildman–Crippen LogP) is 6.34. The maximum Gasteiger partial charge on any atom is 0.224 e. The van der Waals surface area contributed by atoms with Gasteiger partial charge in [0.05, 0.1) is 5.69 Å². The minimum Gasteiger partial charge on any atom is -0.385 e. The molecule has 0 fully saturated rings. The summed E-state index contributed by atoms with van der Waals surface area (Å²) in [5.74, 6) is 0.0905. The van der Waals surface area contributed by atoms with Crippen molar-refractivity contribution in [3.8, 4) is 0 Å². The van der Waals surface area contributed by atoms with E-state index < -0.39 is 0 Å². The molecule has 0 saturated heterocycles. The third-order valence-corrected chi connectivity index (χ3v) is 3.65. The Labute approximate surface area is 179 Å². The lowest BCUT2D eigenvalue weighted by Crippen LogP contribution is -1.99. The van der Waals surface area contributed by atoms with Gasteiger partial charge in [0, 0.05) is 25.8 Å². The Kier molecular flexibility index (Phi) is 15.3. The van der Waals surface area contributed by atoms with Gasteiger partial charge in [-0.3, -0.25) is 0 Å². The summed E-state index contributed by atoms with van der Waals surface area (Å²) in [4.78, 5) is 12.4. The van der Waals surface area contributed by atoms with Crippen molar-refractivity contribution in [3.63, 3.8) is 0 Å². The third kappa shape index (κ3) is 12.0. The summed E-state index contributed by atoms with van der Waals surface area (Å²) < 4.78 is 16.9. The first-order valence-electron chi connectivity index (χ1n) is 9.57. The topological polar surface area (TPSA) is 73.4 Å². The van der Waals surface area contributed by atoms with E-state index in [2.05, 4.69) is 28.5 Å². The number of fused-ring (bicyclic) bond motifs is 1. The minimum atomic E-state index is -0.256. The van der Waals surface area contributed by atoms with Crippen LogP contribution in [0.4, 0.5) is 15.9 Å². The fraction of sp³-hybridized carbons (Fsp3) is 0.409. The summed E-state index contributed by atoms with van der Waals surface area (Å²) in [5.41, 5.74) is 8.17. The van der Waals surface area contributed by atoms with Gasteiger partial charge in [-0.15, -0.1) is 0 Å². The van der Waals surface area contributed by atoms with Crippen LogP contribution in [0.25, 0.3) is 0 Å². The first-order chi connectivity index (χ1) is 13.9. The summed E-state index contributed by atoms with van der Waals surface area (Å²) in [6.45, 7) is 10.2. The number of hydrogen-bond donors (Lipinski definition) is 1. The molecular formula is C22H32ClFN4O. The van der Waals surface area contributed by atoms with E-state index in [4.69, 9.17) is 22.1 Å². The van der Waals surface area contributed by atoms with Crippen LogP contribution in [-0.4, -0.2) is 29.4 Å². The van der Waals surface area contributed by atoms with Gasteiger partial charge in [0.2, 0.25) is 5.28 Å². The SMILES string of the molecule is C=C/C(F)=C\C/C=C\C.CCC1=Nc2c(N)nc(Cl)nc2CC=C1.CCCOC. The highest BCUT2D eigenvalue weighted by atomic mass is 35.5. The number of nitrogens with zero attached hydrogens (tertiary/aromatic N) is 3. The van der Waals surface area contributed by atoms with E-state index in [1.165, 1.54) is 12.2 Å². The Morgan fingerprint density at radius 3 is 2.62 bits per heavy atom. The number of nitrogens with two attached hydrogens (primary N) is 1. The molecule has 0 aromatic carbocycles. The molecule has 0 spiro atoms. The van der Waals surface area contributed by atoms with Crippen molar-refractivity contribution in [2.75, 3.05) is 19.5 Å². The molecular weight excluding hydrogens is 391 g/mol. The summed E-state index contributed by atoms with van der Waals surface area (Å²) in [5, 5.41) is 0.176. The Hall–Kier alpha value is -2.31. The van der Waals surface area contributed by atoms with Crippen molar-refractivity contribution >= 4 is 28.8 Å². The first kappa shape index (κ1) is 26.7. The molecule has 29 heavy (non-hydrogen) atoms. The van der Waals surface area contributed by atoms with Crippen LogP contribution >= 0.6 is 11.6 Å². The average molecular weight is 423 g/mol. The van der Waals surface area contributed by atoms with Crippen LogP contribution in [0, 0.1) is 0 Å². The maximum atomic E-state index is 12.2. The number of halogens is 2. The molecule has 1 aliphatic rings. The van der Waals surface area contributed by atoms with Crippen molar-refractivity contribution < 1.29 is 9.13 Å². The minimum absolute atomic E-state index is 0.176. The Morgan fingerprint density at radius 1 is 1.38 bits per heavy atom. The largest absolute Gasteiger partial charge is 0.385 e. The van der Waals surface area contributed by atoms with Gasteiger partial charge in [0.1, 0.15) is 11.5 Å². The van der Waals surface area contributed by atoms with Crippen LogP contribution < -0.4 is 5.73 Å². The Bertz CT molecular complexity index is 741. The average Bonchev–Trinajstić information content (AvgIpc) is 2.92. The van der Waals surface area contributed by atoms with Gasteiger partial charge >= 0.3 is 0 Å². The number of methoxy groups -OCH3 is 1. The number of rotatable bonds is 6. The van der Waals surface area contributed by atoms with E-state index in [0.29, 0.717) is 24.3 Å². The fourth-order valence-electron chi connectivity index (χ4n) is 2.04. The number of anilines is 1. The molecule has 0 aliphatic carbocycles. The summed E-state index contributed by atoms with van der Waals surface area (Å²) in [6.07, 6.45) is 13.7. The van der Waals surface area contributed by atoms with E-state index in [9.17, 15) is 4.39 Å². The van der Waals surface area contributed by atoms with Crippen molar-refractivity contribution in [2.45, 2.75) is 46.5 Å². The van der Waals surface area contributed by atoms with Crippen molar-refractivity contribution in [1.82, 2.24) is 9.97 Å². The van der Waals surface area contributed by atoms with Gasteiger partial charge < -0.3 is 10.5 Å². The van der Waals surface area contributed by atoms with Gasteiger partial charge in [-0.05, 0) is 56.0 Å². The van der Waals surface area contributed by atoms with Crippen molar-refractivity contribution in [1.29, 1.82) is 0 Å². The Morgan fingerprint density at radius 2 is 2.10 bits per heavy atom. The predicted molar refractivity (Wildman–Crippen MR) is 123 cm³/mol. The fourth-order valence-corrected chi connectivity index (χ4v) is 2.24. The number of aliphatic imine (C=N–C) groups is 1. The molecule has 0 saturated carbocycles. The normalized spacial score (nSPS) is 12.8. The van der Waals surface area contributed by atoms with Crippen LogP contribution in [0.5, 0.6) is 0 Å². The molecule has 0 atom stereocenters. The standard InChI is InChI=1S/C10H11ClN4.C8H11F.C4H10O/c1-2-6-4-3-5-7-8(13-6)9(12)15-10(11)14-7;1-3-5-6-7-8(9)4-2;1-3-4-5-2/h3-4H,2,5H2,1H3,(H2,12,14,15);3-5,7H,2,6H2,1H3;3-4H2,1-2H3/b;5-3-,8-7+;. The molecule has 1 aromatic rings. The van der Waals surface area contributed by atoms with Gasteiger partial charge in [0.15, 0.2) is 5.82 Å². The number of aromatic nitrogens is 2. The first-order valence-corrected chi connectivity index (χ1v) is 9.95. The third-order valence-electron chi connectivity index (χ3n) is 3.48. The molecule has 7 heteroatoms. The van der Waals surface area contributed by atoms with E-state index in [0.717, 1.165) is 30.9 Å². The maximum absolute atomic E-state index is 12.2. The van der Waals surface area contributed by atoms with Crippen LogP contribution in [0.3, 0.4) is 0 Å². The van der Waals surface area contributed by atoms with Crippen molar-refractivity contribution in [3.05, 3.63) is 59.8 Å². The number of nitrogen functional groups attached to an aromatic ring is 1. The molecule has 160 valence electrons. The lowest BCUT2D eigenvalue weighted by atomic mass is 10.2. The lowest BCUT2D eigenvalue weighted by molar-refractivity contribution is 0.199. The van der Waals surface area contributed by atoms with Gasteiger partial charge in [-0.1, -0.05) is 38.7 Å². The smallest absolute Gasteiger partial charge is 0.224 e. The highest BCUT2D eigenvalue weighted by Gasteiger charge is 2.12. The van der Waals surface area contributed by atoms with E-state index in [1.54, 1.807) is 7.11 Å². The summed E-state index contributed by atoms with van der Waals surface area (Å²) >= 11 is 5.73. The molecule has 2 rings (SSSR count). The second kappa shape index (κ2) is 16.6. The summed E-state index contributed by atoms with van der Waals surface area (Å²) in [7, 11) is 1.71. The highest BCUT2D eigenvalue weighted by molar-refractivity contribution is 6.28. The monoisotopic (exact) mass is 422 g/mol. The number of allylic oxidation sites excluding steroid dienone is 7. The molecule has 1 aromatic heterocycles. The lowest BCUT2D eigenvalue weighted by Gasteiger charge is -2.04. The second-order valence-corrected chi connectivity index (χ2v) is 6.17. The van der Waals surface area contributed by atoms with Gasteiger partial charge in [-0.2, -0.15) is 4.98 Å². The van der Waals surface area contributed by atoms with E-state index in [-0.39, 0.29) is 11.1 Å². The van der Waals surface area contributed by atoms with Crippen LogP contribution in [-0.2, 0) is 11.2 Å². The van der Waals surface area contributed by atoms with Crippen LogP contribution in [0.2, 0.25) is 5.28 Å². The Balaban J connectivity index is 0.000000479. The summed E-state index contributed by atoms with van der Waals surface area (Å²) in [6, 6.07) is 0. The molecule has 0 radical (unpaired) electrons. The highest BCUT2D eigenvalue weighted by Crippen LogP contribution is 2.28. The molecule has 0 bridgehead atoms. The van der Waals surface area contributed by atoms with Gasteiger partial charge in [0.25, 0.3) is 0 Å². The molecule has 2 heterocycles. The number of hydrogen-bond acceptors (Lipinski definition) is 5. The number of ether oxygens (including phenoxy) is 1. The van der Waals surface area contributed by atoms with E-state index >= 15 is 0 Å². The molecule has 5 nitrogen and oxygen atoms in total. The van der Waals surface area contributed by atoms with Gasteiger partial charge in [-0.25, -0.2) is 14.4 Å². The van der Waals surface area contributed by atoms with Crippen LogP contribution in [0.1, 0.15) is 45.7 Å². The molecule has 2 N–H and O–H groups in total. The van der Waals surface area contributed by atoms with Crippen LogP contribution in [0.15, 0.2) is 53.9 Å². The molecule has 0 amide bonds. The zero-order valence-electron chi connectivity index (χ0n) is 17.8. The van der Waals surface area contributed by atoms with E-state index in [1.807, 2.05) is 38.2 Å². The molecule has 0 unspecified atom stereocenters. The zero-order valence-corrected chi connectivity index (χ0v) is 18.5. The molecule has 1 aliphatic heterocycles. The van der Waals surface area contributed by atoms with Crippen molar-refractivity contribution in [2.24, 2.45) is 4.99 Å². The second-order valence-electron chi connectivity index (χ2n) is 5.83.